The first-order valence-corrected chi connectivity index (χ1v) is 9.98. The Labute approximate surface area is 180 Å². The second kappa shape index (κ2) is 9.21. The smallest absolute Gasteiger partial charge is 0.269 e. The van der Waals surface area contributed by atoms with E-state index in [0.29, 0.717) is 12.4 Å². The Kier molecular flexibility index (Phi) is 6.03. The van der Waals surface area contributed by atoms with E-state index in [1.54, 1.807) is 19.2 Å². The Balaban J connectivity index is 1.63. The first kappa shape index (κ1) is 20.3. The van der Waals surface area contributed by atoms with Crippen molar-refractivity contribution in [2.75, 3.05) is 7.11 Å². The van der Waals surface area contributed by atoms with Crippen LogP contribution in [0.15, 0.2) is 78.9 Å². The predicted octanol–water partition coefficient (Wildman–Crippen LogP) is 4.70. The van der Waals surface area contributed by atoms with E-state index in [4.69, 9.17) is 4.74 Å². The third-order valence-electron chi connectivity index (χ3n) is 5.14. The Morgan fingerprint density at radius 1 is 0.871 bits per heavy atom. The van der Waals surface area contributed by atoms with Gasteiger partial charge in [-0.05, 0) is 41.8 Å². The number of aryl methyl sites for hydroxylation is 2. The number of nitrogens with zero attached hydrogens (tertiary/aromatic N) is 4. The number of hydrogen-bond acceptors (Lipinski definition) is 5. The number of nitro groups is 1. The molecule has 31 heavy (non-hydrogen) atoms. The zero-order valence-electron chi connectivity index (χ0n) is 17.1. The van der Waals surface area contributed by atoms with Gasteiger partial charge in [-0.3, -0.25) is 10.1 Å². The van der Waals surface area contributed by atoms with Gasteiger partial charge in [0.15, 0.2) is 5.82 Å². The minimum Gasteiger partial charge on any atom is -0.497 e. The zero-order chi connectivity index (χ0) is 21.6. The molecule has 7 heteroatoms. The van der Waals surface area contributed by atoms with Gasteiger partial charge in [0.1, 0.15) is 11.6 Å². The monoisotopic (exact) mass is 414 g/mol. The molecule has 0 aliphatic carbocycles. The van der Waals surface area contributed by atoms with Crippen LogP contribution in [0.2, 0.25) is 0 Å². The summed E-state index contributed by atoms with van der Waals surface area (Å²) in [5.74, 6) is 2.40. The van der Waals surface area contributed by atoms with E-state index in [1.807, 2.05) is 42.5 Å². The van der Waals surface area contributed by atoms with Crippen LogP contribution in [0.1, 0.15) is 17.0 Å². The van der Waals surface area contributed by atoms with Crippen molar-refractivity contribution < 1.29 is 9.66 Å². The van der Waals surface area contributed by atoms with Gasteiger partial charge in [-0.15, -0.1) is 10.2 Å². The van der Waals surface area contributed by atoms with Crippen molar-refractivity contribution in [3.05, 3.63) is 106 Å². The molecule has 4 rings (SSSR count). The number of non-ortho nitro benzene ring substituents is 1. The van der Waals surface area contributed by atoms with E-state index < -0.39 is 4.92 Å². The Bertz CT molecular complexity index is 1150. The molecule has 0 fully saturated rings. The molecule has 156 valence electrons. The van der Waals surface area contributed by atoms with Crippen LogP contribution < -0.4 is 4.74 Å². The van der Waals surface area contributed by atoms with Crippen molar-refractivity contribution in [3.63, 3.8) is 0 Å². The minimum atomic E-state index is -0.404. The fourth-order valence-electron chi connectivity index (χ4n) is 3.45. The maximum Gasteiger partial charge on any atom is 0.269 e. The average molecular weight is 414 g/mol. The van der Waals surface area contributed by atoms with Crippen molar-refractivity contribution in [2.24, 2.45) is 0 Å². The number of rotatable bonds is 8. The summed E-state index contributed by atoms with van der Waals surface area (Å²) >= 11 is 0. The maximum absolute atomic E-state index is 11.0. The highest BCUT2D eigenvalue weighted by Crippen LogP contribution is 2.23. The molecule has 0 saturated carbocycles. The highest BCUT2D eigenvalue weighted by molar-refractivity contribution is 5.58. The first-order valence-electron chi connectivity index (χ1n) is 9.98. The molecule has 0 spiro atoms. The van der Waals surface area contributed by atoms with Crippen LogP contribution in [0, 0.1) is 10.1 Å². The minimum absolute atomic E-state index is 0.0533. The van der Waals surface area contributed by atoms with Gasteiger partial charge in [-0.2, -0.15) is 0 Å². The maximum atomic E-state index is 11.0. The van der Waals surface area contributed by atoms with Gasteiger partial charge in [0.2, 0.25) is 0 Å². The first-order chi connectivity index (χ1) is 15.1. The summed E-state index contributed by atoms with van der Waals surface area (Å²) in [4.78, 5) is 10.6. The lowest BCUT2D eigenvalue weighted by Crippen LogP contribution is -2.08. The van der Waals surface area contributed by atoms with Crippen molar-refractivity contribution in [2.45, 2.75) is 19.4 Å². The van der Waals surface area contributed by atoms with Crippen LogP contribution in [0.5, 0.6) is 5.75 Å². The predicted molar refractivity (Wildman–Crippen MR) is 118 cm³/mol. The van der Waals surface area contributed by atoms with Crippen LogP contribution in [-0.2, 0) is 19.4 Å². The number of benzene rings is 3. The van der Waals surface area contributed by atoms with Crippen LogP contribution >= 0.6 is 0 Å². The van der Waals surface area contributed by atoms with Gasteiger partial charge < -0.3 is 9.30 Å². The summed E-state index contributed by atoms with van der Waals surface area (Å²) in [6.45, 7) is 0.623. The molecule has 0 atom stereocenters. The molecular weight excluding hydrogens is 392 g/mol. The Morgan fingerprint density at radius 2 is 1.58 bits per heavy atom. The van der Waals surface area contributed by atoms with E-state index in [2.05, 4.69) is 26.9 Å². The van der Waals surface area contributed by atoms with Gasteiger partial charge in [-0.1, -0.05) is 42.5 Å². The zero-order valence-corrected chi connectivity index (χ0v) is 17.1. The van der Waals surface area contributed by atoms with Crippen molar-refractivity contribution >= 4 is 5.69 Å². The molecule has 0 radical (unpaired) electrons. The lowest BCUT2D eigenvalue weighted by atomic mass is 10.1. The second-order valence-corrected chi connectivity index (χ2v) is 7.16. The molecule has 0 amide bonds. The number of ether oxygens (including phenoxy) is 1. The highest BCUT2D eigenvalue weighted by atomic mass is 16.6. The third-order valence-corrected chi connectivity index (χ3v) is 5.14. The van der Waals surface area contributed by atoms with Gasteiger partial charge in [0, 0.05) is 24.1 Å². The summed E-state index contributed by atoms with van der Waals surface area (Å²) < 4.78 is 7.31. The lowest BCUT2D eigenvalue weighted by Gasteiger charge is -2.11. The van der Waals surface area contributed by atoms with Crippen molar-refractivity contribution in [3.8, 4) is 17.1 Å². The van der Waals surface area contributed by atoms with E-state index >= 15 is 0 Å². The number of hydrogen-bond donors (Lipinski definition) is 0. The molecule has 0 aliphatic heterocycles. The van der Waals surface area contributed by atoms with E-state index in [1.165, 1.54) is 17.7 Å². The number of methoxy groups -OCH3 is 1. The van der Waals surface area contributed by atoms with E-state index in [-0.39, 0.29) is 5.69 Å². The van der Waals surface area contributed by atoms with Crippen LogP contribution in [-0.4, -0.2) is 26.8 Å². The van der Waals surface area contributed by atoms with Crippen LogP contribution in [0.4, 0.5) is 5.69 Å². The molecule has 3 aromatic carbocycles. The van der Waals surface area contributed by atoms with Gasteiger partial charge in [0.25, 0.3) is 5.69 Å². The molecule has 0 N–H and O–H groups in total. The second-order valence-electron chi connectivity index (χ2n) is 7.16. The lowest BCUT2D eigenvalue weighted by molar-refractivity contribution is -0.384. The van der Waals surface area contributed by atoms with Crippen molar-refractivity contribution in [1.29, 1.82) is 0 Å². The molecule has 7 nitrogen and oxygen atoms in total. The van der Waals surface area contributed by atoms with Gasteiger partial charge >= 0.3 is 0 Å². The highest BCUT2D eigenvalue weighted by Gasteiger charge is 2.16. The van der Waals surface area contributed by atoms with E-state index in [9.17, 15) is 10.1 Å². The molecule has 1 heterocycles. The molecule has 0 saturated heterocycles. The molecule has 0 aliphatic rings. The van der Waals surface area contributed by atoms with Crippen LogP contribution in [0.25, 0.3) is 11.4 Å². The summed E-state index contributed by atoms with van der Waals surface area (Å²) in [7, 11) is 1.65. The van der Waals surface area contributed by atoms with E-state index in [0.717, 1.165) is 35.5 Å². The van der Waals surface area contributed by atoms with Crippen LogP contribution in [0.3, 0.4) is 0 Å². The fourth-order valence-corrected chi connectivity index (χ4v) is 3.45. The molecule has 0 bridgehead atoms. The topological polar surface area (TPSA) is 83.1 Å². The SMILES string of the molecule is COc1ccc(CCc2nnc(-c3ccc([N+](=O)[O-])cc3)n2Cc2ccccc2)cc1. The summed E-state index contributed by atoms with van der Waals surface area (Å²) in [5, 5.41) is 19.9. The number of aromatic nitrogens is 3. The van der Waals surface area contributed by atoms with Gasteiger partial charge in [0.05, 0.1) is 18.6 Å². The summed E-state index contributed by atoms with van der Waals surface area (Å²) in [6.07, 6.45) is 1.54. The Hall–Kier alpha value is -4.00. The molecule has 0 unspecified atom stereocenters. The van der Waals surface area contributed by atoms with Gasteiger partial charge in [-0.25, -0.2) is 0 Å². The molecule has 4 aromatic rings. The standard InChI is InChI=1S/C24H22N4O3/c1-31-22-14-7-18(8-15-22)9-16-23-25-26-24(20-10-12-21(13-11-20)28(29)30)27(23)17-19-5-3-2-4-6-19/h2-8,10-15H,9,16-17H2,1H3. The summed E-state index contributed by atoms with van der Waals surface area (Å²) in [5.41, 5.74) is 3.17. The fraction of sp³-hybridized carbons (Fsp3) is 0.167. The third kappa shape index (κ3) is 4.78. The quantitative estimate of drug-likeness (QED) is 0.308. The largest absolute Gasteiger partial charge is 0.497 e. The number of nitro benzene ring substituents is 1. The van der Waals surface area contributed by atoms with Crippen molar-refractivity contribution in [1.82, 2.24) is 14.8 Å². The average Bonchev–Trinajstić information content (AvgIpc) is 3.21. The summed E-state index contributed by atoms with van der Waals surface area (Å²) in [6, 6.07) is 24.5. The Morgan fingerprint density at radius 3 is 2.23 bits per heavy atom. The normalized spacial score (nSPS) is 10.7. The molecule has 1 aromatic heterocycles. The molecular formula is C24H22N4O3.